The minimum absolute atomic E-state index is 0.0324. The van der Waals surface area contributed by atoms with Gasteiger partial charge in [0.2, 0.25) is 0 Å². The maximum atomic E-state index is 13.4. The van der Waals surface area contributed by atoms with Gasteiger partial charge in [-0.15, -0.1) is 0 Å². The zero-order valence-corrected chi connectivity index (χ0v) is 21.8. The number of para-hydroxylation sites is 1. The van der Waals surface area contributed by atoms with Crippen molar-refractivity contribution < 1.29 is 23.1 Å². The van der Waals surface area contributed by atoms with E-state index in [1.165, 1.54) is 0 Å². The van der Waals surface area contributed by atoms with Crippen molar-refractivity contribution in [2.24, 2.45) is 0 Å². The second kappa shape index (κ2) is 11.6. The average molecular weight is 521 g/mol. The van der Waals surface area contributed by atoms with Crippen LogP contribution in [0.25, 0.3) is 22.0 Å². The van der Waals surface area contributed by atoms with Crippen molar-refractivity contribution in [3.8, 4) is 16.9 Å². The van der Waals surface area contributed by atoms with Crippen LogP contribution in [0.3, 0.4) is 0 Å². The molecule has 0 radical (unpaired) electrons. The lowest BCUT2D eigenvalue weighted by molar-refractivity contribution is 0.0912. The van der Waals surface area contributed by atoms with Gasteiger partial charge in [-0.1, -0.05) is 50.2 Å². The number of rotatable bonds is 11. The van der Waals surface area contributed by atoms with Crippen LogP contribution in [-0.2, 0) is 16.3 Å². The Hall–Kier alpha value is -3.62. The molecule has 0 bridgehead atoms. The number of aromatic nitrogens is 1. The zero-order valence-electron chi connectivity index (χ0n) is 21.0. The lowest BCUT2D eigenvalue weighted by atomic mass is 10.0. The number of amides is 1. The topological polar surface area (TPSA) is 108 Å². The molecule has 0 saturated carbocycles. The van der Waals surface area contributed by atoms with Crippen LogP contribution in [-0.4, -0.2) is 49.4 Å². The number of sulfone groups is 1. The predicted octanol–water partition coefficient (Wildman–Crippen LogP) is 4.75. The van der Waals surface area contributed by atoms with Crippen LogP contribution in [0.15, 0.2) is 77.8 Å². The third kappa shape index (κ3) is 6.03. The van der Waals surface area contributed by atoms with E-state index in [-0.39, 0.29) is 23.2 Å². The number of hydrogen-bond acceptors (Lipinski definition) is 5. The van der Waals surface area contributed by atoms with Crippen molar-refractivity contribution in [2.75, 3.05) is 19.0 Å². The third-order valence-electron chi connectivity index (χ3n) is 6.31. The van der Waals surface area contributed by atoms with Crippen LogP contribution in [0, 0.1) is 0 Å². The summed E-state index contributed by atoms with van der Waals surface area (Å²) in [5.41, 5.74) is 3.90. The largest absolute Gasteiger partial charge is 0.493 e. The minimum Gasteiger partial charge on any atom is -0.493 e. The summed E-state index contributed by atoms with van der Waals surface area (Å²) in [5.74, 6) is 0.138. The first-order valence-electron chi connectivity index (χ1n) is 12.4. The Bertz CT molecular complexity index is 1480. The molecule has 0 unspecified atom stereocenters. The number of benzene rings is 3. The summed E-state index contributed by atoms with van der Waals surface area (Å²) >= 11 is 0. The van der Waals surface area contributed by atoms with E-state index in [1.54, 1.807) is 43.3 Å². The molecule has 37 heavy (non-hydrogen) atoms. The standard InChI is InChI=1S/C29H32N2O5S/c1-3-15-36-28-14-11-21(20-9-12-24(13-10-20)37(34,35)4-2)17-26(28)29(33)31-23(19-32)16-22-18-30-27-8-6-5-7-25(22)27/h5-14,17-18,23,30,32H,3-4,15-16,19H2,1-2H3,(H,31,33)/t23-/m0/s1. The number of H-pyrrole nitrogens is 1. The number of ether oxygens (including phenoxy) is 1. The molecule has 194 valence electrons. The Labute approximate surface area is 217 Å². The summed E-state index contributed by atoms with van der Waals surface area (Å²) in [7, 11) is -3.30. The Morgan fingerprint density at radius 1 is 1.03 bits per heavy atom. The second-order valence-corrected chi connectivity index (χ2v) is 11.2. The fourth-order valence-corrected chi connectivity index (χ4v) is 5.12. The number of aromatic amines is 1. The van der Waals surface area contributed by atoms with Crippen molar-refractivity contribution in [1.82, 2.24) is 10.3 Å². The molecule has 1 amide bonds. The van der Waals surface area contributed by atoms with E-state index in [2.05, 4.69) is 10.3 Å². The van der Waals surface area contributed by atoms with E-state index >= 15 is 0 Å². The highest BCUT2D eigenvalue weighted by atomic mass is 32.2. The summed E-state index contributed by atoms with van der Waals surface area (Å²) < 4.78 is 30.2. The van der Waals surface area contributed by atoms with Gasteiger partial charge >= 0.3 is 0 Å². The molecule has 7 nitrogen and oxygen atoms in total. The van der Waals surface area contributed by atoms with Gasteiger partial charge in [0.25, 0.3) is 5.91 Å². The highest BCUT2D eigenvalue weighted by molar-refractivity contribution is 7.91. The number of hydrogen-bond donors (Lipinski definition) is 3. The molecule has 0 aliphatic rings. The molecule has 3 aromatic carbocycles. The van der Waals surface area contributed by atoms with Crippen LogP contribution in [0.4, 0.5) is 0 Å². The van der Waals surface area contributed by atoms with Crippen molar-refractivity contribution in [3.05, 3.63) is 84.1 Å². The maximum absolute atomic E-state index is 13.4. The van der Waals surface area contributed by atoms with Gasteiger partial charge in [0, 0.05) is 17.1 Å². The zero-order chi connectivity index (χ0) is 26.4. The number of carbonyl (C=O) groups excluding carboxylic acids is 1. The fraction of sp³-hybridized carbons (Fsp3) is 0.276. The van der Waals surface area contributed by atoms with Crippen LogP contribution < -0.4 is 10.1 Å². The molecule has 0 aliphatic carbocycles. The SMILES string of the molecule is CCCOc1ccc(-c2ccc(S(=O)(=O)CC)cc2)cc1C(=O)N[C@H](CO)Cc1c[nH]c2ccccc12. The quantitative estimate of drug-likeness (QED) is 0.264. The molecular weight excluding hydrogens is 488 g/mol. The van der Waals surface area contributed by atoms with Crippen molar-refractivity contribution in [1.29, 1.82) is 0 Å². The third-order valence-corrected chi connectivity index (χ3v) is 8.06. The van der Waals surface area contributed by atoms with E-state index < -0.39 is 15.9 Å². The van der Waals surface area contributed by atoms with E-state index in [1.807, 2.05) is 43.5 Å². The first kappa shape index (κ1) is 26.4. The normalized spacial score (nSPS) is 12.4. The Balaban J connectivity index is 1.60. The molecule has 0 fully saturated rings. The molecule has 1 atom stereocenters. The smallest absolute Gasteiger partial charge is 0.255 e. The summed E-state index contributed by atoms with van der Waals surface area (Å²) in [6, 6.07) is 19.4. The van der Waals surface area contributed by atoms with E-state index in [0.29, 0.717) is 24.3 Å². The molecule has 4 aromatic rings. The summed E-state index contributed by atoms with van der Waals surface area (Å²) in [4.78, 5) is 16.9. The lowest BCUT2D eigenvalue weighted by Gasteiger charge is -2.18. The number of aliphatic hydroxyl groups excluding tert-OH is 1. The van der Waals surface area contributed by atoms with E-state index in [4.69, 9.17) is 4.74 Å². The maximum Gasteiger partial charge on any atom is 0.255 e. The molecule has 0 spiro atoms. The summed E-state index contributed by atoms with van der Waals surface area (Å²) in [5, 5.41) is 14.1. The number of carbonyl (C=O) groups is 1. The first-order chi connectivity index (χ1) is 17.9. The molecular formula is C29H32N2O5S. The average Bonchev–Trinajstić information content (AvgIpc) is 3.34. The van der Waals surface area contributed by atoms with Crippen LogP contribution in [0.5, 0.6) is 5.75 Å². The lowest BCUT2D eigenvalue weighted by Crippen LogP contribution is -2.39. The van der Waals surface area contributed by atoms with Crippen LogP contribution in [0.2, 0.25) is 0 Å². The molecule has 1 aromatic heterocycles. The van der Waals surface area contributed by atoms with Gasteiger partial charge in [0.05, 0.1) is 35.5 Å². The van der Waals surface area contributed by atoms with Crippen molar-refractivity contribution in [3.63, 3.8) is 0 Å². The molecule has 4 rings (SSSR count). The van der Waals surface area contributed by atoms with Gasteiger partial charge in [-0.05, 0) is 59.9 Å². The highest BCUT2D eigenvalue weighted by Crippen LogP contribution is 2.28. The number of nitrogens with one attached hydrogen (secondary N) is 2. The van der Waals surface area contributed by atoms with Gasteiger partial charge in [0.15, 0.2) is 9.84 Å². The van der Waals surface area contributed by atoms with Gasteiger partial charge in [-0.2, -0.15) is 0 Å². The Kier molecular flexibility index (Phi) is 8.31. The summed E-state index contributed by atoms with van der Waals surface area (Å²) in [6.45, 7) is 3.84. The highest BCUT2D eigenvalue weighted by Gasteiger charge is 2.20. The fourth-order valence-electron chi connectivity index (χ4n) is 4.24. The van der Waals surface area contributed by atoms with Crippen molar-refractivity contribution in [2.45, 2.75) is 37.6 Å². The van der Waals surface area contributed by atoms with E-state index in [0.717, 1.165) is 34.0 Å². The number of aliphatic hydroxyl groups is 1. The second-order valence-electron chi connectivity index (χ2n) is 8.90. The van der Waals surface area contributed by atoms with Gasteiger partial charge < -0.3 is 20.1 Å². The molecule has 0 aliphatic heterocycles. The number of fused-ring (bicyclic) bond motifs is 1. The van der Waals surface area contributed by atoms with Gasteiger partial charge in [-0.3, -0.25) is 4.79 Å². The van der Waals surface area contributed by atoms with Crippen LogP contribution in [0.1, 0.15) is 36.2 Å². The Morgan fingerprint density at radius 3 is 2.46 bits per heavy atom. The molecule has 1 heterocycles. The van der Waals surface area contributed by atoms with Gasteiger partial charge in [0.1, 0.15) is 5.75 Å². The van der Waals surface area contributed by atoms with Gasteiger partial charge in [-0.25, -0.2) is 8.42 Å². The molecule has 3 N–H and O–H groups in total. The Morgan fingerprint density at radius 2 is 1.76 bits per heavy atom. The monoisotopic (exact) mass is 520 g/mol. The first-order valence-corrected chi connectivity index (χ1v) is 14.1. The van der Waals surface area contributed by atoms with Crippen LogP contribution >= 0.6 is 0 Å². The molecule has 8 heteroatoms. The predicted molar refractivity (Wildman–Crippen MR) is 146 cm³/mol. The molecule has 0 saturated heterocycles. The minimum atomic E-state index is -3.30. The van der Waals surface area contributed by atoms with E-state index in [9.17, 15) is 18.3 Å². The van der Waals surface area contributed by atoms with Crippen molar-refractivity contribution >= 4 is 26.6 Å². The summed E-state index contributed by atoms with van der Waals surface area (Å²) in [6.07, 6.45) is 3.15.